The molecule has 0 aliphatic heterocycles. The number of amides is 1. The lowest BCUT2D eigenvalue weighted by molar-refractivity contribution is 0.180. The summed E-state index contributed by atoms with van der Waals surface area (Å²) < 4.78 is 4.64. The van der Waals surface area contributed by atoms with Gasteiger partial charge in [-0.3, -0.25) is 4.90 Å². The van der Waals surface area contributed by atoms with Gasteiger partial charge in [-0.05, 0) is 18.4 Å². The highest BCUT2D eigenvalue weighted by Gasteiger charge is 2.17. The minimum absolute atomic E-state index is 0.432. The third-order valence-corrected chi connectivity index (χ3v) is 3.03. The normalized spacial score (nSPS) is 9.87. The van der Waals surface area contributed by atoms with Gasteiger partial charge in [0.1, 0.15) is 0 Å². The summed E-state index contributed by atoms with van der Waals surface area (Å²) in [5.41, 5.74) is 0.679. The number of carbonyl (C=O) groups is 1. The molecule has 5 heteroatoms. The molecule has 1 aromatic rings. The molecular weight excluding hydrogens is 234 g/mol. The number of rotatable bonds is 2. The molecule has 0 atom stereocenters. The van der Waals surface area contributed by atoms with Crippen LogP contribution in [-0.4, -0.2) is 26.5 Å². The largest absolute Gasteiger partial charge is 0.452 e. The Hall–Kier alpha value is -0.870. The molecule has 0 aliphatic carbocycles. The Morgan fingerprint density at radius 1 is 1.53 bits per heavy atom. The van der Waals surface area contributed by atoms with Crippen molar-refractivity contribution < 1.29 is 9.53 Å². The number of ether oxygens (including phenoxy) is 1. The van der Waals surface area contributed by atoms with Gasteiger partial charge in [-0.25, -0.2) is 4.79 Å². The molecule has 0 radical (unpaired) electrons. The smallest absolute Gasteiger partial charge is 0.413 e. The van der Waals surface area contributed by atoms with Crippen molar-refractivity contribution in [2.75, 3.05) is 25.3 Å². The summed E-state index contributed by atoms with van der Waals surface area (Å²) in [5.74, 6) is 0. The SMILES string of the molecule is COC(=O)N(C)c1c(Cl)cccc1SC. The number of carbonyl (C=O) groups excluding carboxylic acids is 1. The highest BCUT2D eigenvalue weighted by atomic mass is 35.5. The van der Waals surface area contributed by atoms with E-state index in [0.29, 0.717) is 10.7 Å². The maximum atomic E-state index is 11.4. The summed E-state index contributed by atoms with van der Waals surface area (Å²) in [5, 5.41) is 0.537. The first-order valence-corrected chi connectivity index (χ1v) is 5.86. The number of nitrogens with zero attached hydrogens (tertiary/aromatic N) is 1. The second-order valence-electron chi connectivity index (χ2n) is 2.82. The van der Waals surface area contributed by atoms with Crippen LogP contribution in [0.4, 0.5) is 10.5 Å². The molecule has 1 aromatic carbocycles. The number of thioether (sulfide) groups is 1. The van der Waals surface area contributed by atoms with Crippen molar-refractivity contribution in [3.05, 3.63) is 23.2 Å². The highest BCUT2D eigenvalue weighted by Crippen LogP contribution is 2.34. The Kier molecular flexibility index (Phi) is 4.29. The minimum Gasteiger partial charge on any atom is -0.452 e. The van der Waals surface area contributed by atoms with Crippen molar-refractivity contribution in [1.82, 2.24) is 0 Å². The number of hydrogen-bond acceptors (Lipinski definition) is 3. The predicted octanol–water partition coefficient (Wildman–Crippen LogP) is 3.26. The predicted molar refractivity (Wildman–Crippen MR) is 64.0 cm³/mol. The molecule has 3 nitrogen and oxygen atoms in total. The highest BCUT2D eigenvalue weighted by molar-refractivity contribution is 7.98. The number of halogens is 1. The van der Waals surface area contributed by atoms with E-state index in [1.54, 1.807) is 13.1 Å². The van der Waals surface area contributed by atoms with Gasteiger partial charge in [0.15, 0.2) is 0 Å². The Bertz CT molecular complexity index is 370. The van der Waals surface area contributed by atoms with Crippen LogP contribution in [0.3, 0.4) is 0 Å². The fraction of sp³-hybridized carbons (Fsp3) is 0.300. The van der Waals surface area contributed by atoms with Gasteiger partial charge in [-0.1, -0.05) is 17.7 Å². The van der Waals surface area contributed by atoms with Crippen LogP contribution in [-0.2, 0) is 4.74 Å². The summed E-state index contributed by atoms with van der Waals surface area (Å²) in [6.07, 6.45) is 1.50. The second-order valence-corrected chi connectivity index (χ2v) is 4.08. The van der Waals surface area contributed by atoms with Gasteiger partial charge in [-0.2, -0.15) is 0 Å². The Morgan fingerprint density at radius 2 is 2.20 bits per heavy atom. The third-order valence-electron chi connectivity index (χ3n) is 1.95. The molecule has 0 heterocycles. The fourth-order valence-electron chi connectivity index (χ4n) is 1.21. The molecule has 0 fully saturated rings. The minimum atomic E-state index is -0.432. The molecule has 15 heavy (non-hydrogen) atoms. The fourth-order valence-corrected chi connectivity index (χ4v) is 2.23. The van der Waals surface area contributed by atoms with Crippen molar-refractivity contribution in [3.8, 4) is 0 Å². The van der Waals surface area contributed by atoms with Gasteiger partial charge in [0, 0.05) is 11.9 Å². The molecule has 0 saturated heterocycles. The molecule has 0 aliphatic rings. The average molecular weight is 246 g/mol. The van der Waals surface area contributed by atoms with E-state index in [4.69, 9.17) is 11.6 Å². The van der Waals surface area contributed by atoms with E-state index in [0.717, 1.165) is 4.90 Å². The average Bonchev–Trinajstić information content (AvgIpc) is 2.26. The Labute approximate surface area is 98.4 Å². The van der Waals surface area contributed by atoms with Crippen molar-refractivity contribution in [3.63, 3.8) is 0 Å². The first-order chi connectivity index (χ1) is 7.11. The summed E-state index contributed by atoms with van der Waals surface area (Å²) in [6.45, 7) is 0. The number of anilines is 1. The van der Waals surface area contributed by atoms with E-state index >= 15 is 0 Å². The van der Waals surface area contributed by atoms with Crippen molar-refractivity contribution in [2.45, 2.75) is 4.90 Å². The lowest BCUT2D eigenvalue weighted by atomic mass is 10.3. The zero-order valence-corrected chi connectivity index (χ0v) is 10.4. The molecule has 0 spiro atoms. The van der Waals surface area contributed by atoms with Crippen molar-refractivity contribution >= 4 is 35.1 Å². The Morgan fingerprint density at radius 3 is 2.73 bits per heavy atom. The monoisotopic (exact) mass is 245 g/mol. The molecule has 0 N–H and O–H groups in total. The van der Waals surface area contributed by atoms with Gasteiger partial charge in [0.2, 0.25) is 0 Å². The van der Waals surface area contributed by atoms with Crippen LogP contribution < -0.4 is 4.90 Å². The maximum absolute atomic E-state index is 11.4. The molecule has 0 unspecified atom stereocenters. The number of hydrogen-bond donors (Lipinski definition) is 0. The van der Waals surface area contributed by atoms with E-state index in [9.17, 15) is 4.79 Å². The molecule has 1 amide bonds. The molecule has 1 rings (SSSR count). The quantitative estimate of drug-likeness (QED) is 0.749. The summed E-state index contributed by atoms with van der Waals surface area (Å²) >= 11 is 7.57. The van der Waals surface area contributed by atoms with Crippen LogP contribution in [0.1, 0.15) is 0 Å². The second kappa shape index (κ2) is 5.28. The van der Waals surface area contributed by atoms with Crippen molar-refractivity contribution in [2.24, 2.45) is 0 Å². The van der Waals surface area contributed by atoms with E-state index in [-0.39, 0.29) is 0 Å². The van der Waals surface area contributed by atoms with Crippen LogP contribution in [0.2, 0.25) is 5.02 Å². The lowest BCUT2D eigenvalue weighted by Gasteiger charge is -2.19. The molecule has 0 saturated carbocycles. The number of methoxy groups -OCH3 is 1. The number of benzene rings is 1. The van der Waals surface area contributed by atoms with E-state index in [2.05, 4.69) is 4.74 Å². The Balaban J connectivity index is 3.16. The van der Waals surface area contributed by atoms with Crippen LogP contribution >= 0.6 is 23.4 Å². The summed E-state index contributed by atoms with van der Waals surface area (Å²) in [4.78, 5) is 13.7. The zero-order chi connectivity index (χ0) is 11.4. The van der Waals surface area contributed by atoms with Gasteiger partial charge >= 0.3 is 6.09 Å². The summed E-state index contributed by atoms with van der Waals surface area (Å²) in [7, 11) is 2.97. The number of para-hydroxylation sites is 1. The maximum Gasteiger partial charge on any atom is 0.413 e. The van der Waals surface area contributed by atoms with Crippen LogP contribution in [0.5, 0.6) is 0 Å². The zero-order valence-electron chi connectivity index (χ0n) is 8.78. The van der Waals surface area contributed by atoms with Gasteiger partial charge < -0.3 is 4.74 Å². The van der Waals surface area contributed by atoms with Crippen LogP contribution in [0.25, 0.3) is 0 Å². The van der Waals surface area contributed by atoms with Gasteiger partial charge in [-0.15, -0.1) is 11.8 Å². The van der Waals surface area contributed by atoms with E-state index in [1.807, 2.05) is 18.4 Å². The lowest BCUT2D eigenvalue weighted by Crippen LogP contribution is -2.26. The molecule has 0 bridgehead atoms. The van der Waals surface area contributed by atoms with E-state index < -0.39 is 6.09 Å². The van der Waals surface area contributed by atoms with Crippen LogP contribution in [0, 0.1) is 0 Å². The van der Waals surface area contributed by atoms with Crippen molar-refractivity contribution in [1.29, 1.82) is 0 Å². The summed E-state index contributed by atoms with van der Waals surface area (Å²) in [6, 6.07) is 5.50. The van der Waals surface area contributed by atoms with Crippen LogP contribution in [0.15, 0.2) is 23.1 Å². The van der Waals surface area contributed by atoms with Gasteiger partial charge in [0.05, 0.1) is 17.8 Å². The molecule has 0 aromatic heterocycles. The van der Waals surface area contributed by atoms with E-state index in [1.165, 1.54) is 23.8 Å². The topological polar surface area (TPSA) is 29.5 Å². The van der Waals surface area contributed by atoms with Gasteiger partial charge in [0.25, 0.3) is 0 Å². The standard InChI is InChI=1S/C10H12ClNO2S/c1-12(10(13)14-2)9-7(11)5-4-6-8(9)15-3/h4-6H,1-3H3. The first-order valence-electron chi connectivity index (χ1n) is 4.26. The molecular formula is C10H12ClNO2S. The first kappa shape index (κ1) is 12.2. The third kappa shape index (κ3) is 2.58. The molecule has 82 valence electrons.